The van der Waals surface area contributed by atoms with E-state index in [4.69, 9.17) is 0 Å². The van der Waals surface area contributed by atoms with Crippen molar-refractivity contribution in [2.75, 3.05) is 5.32 Å². The fraction of sp³-hybridized carbons (Fsp3) is 0.118. The molecule has 1 atom stereocenters. The molecule has 0 saturated carbocycles. The molecule has 0 spiro atoms. The number of carbonyl (C=O) groups excluding carboxylic acids is 1. The molecule has 0 aliphatic carbocycles. The highest BCUT2D eigenvalue weighted by Gasteiger charge is 2.24. The van der Waals surface area contributed by atoms with Crippen molar-refractivity contribution in [3.05, 3.63) is 66.7 Å². The van der Waals surface area contributed by atoms with Gasteiger partial charge < -0.3 is 9.88 Å². The first kappa shape index (κ1) is 15.0. The minimum atomic E-state index is -0.657. The molecule has 1 N–H and O–H groups in total. The van der Waals surface area contributed by atoms with Crippen LogP contribution >= 0.6 is 0 Å². The van der Waals surface area contributed by atoms with Gasteiger partial charge in [0.25, 0.3) is 5.91 Å². The molecular weight excluding hydrogens is 318 g/mol. The number of fused-ring (bicyclic) bond motifs is 1. The van der Waals surface area contributed by atoms with E-state index in [0.717, 1.165) is 16.6 Å². The van der Waals surface area contributed by atoms with Gasteiger partial charge in [0.15, 0.2) is 6.04 Å². The fourth-order valence-electron chi connectivity index (χ4n) is 2.77. The number of aromatic nitrogens is 6. The zero-order chi connectivity index (χ0) is 17.2. The van der Waals surface area contributed by atoms with E-state index in [1.165, 1.54) is 11.0 Å². The van der Waals surface area contributed by atoms with E-state index in [9.17, 15) is 4.79 Å². The Labute approximate surface area is 143 Å². The first-order valence-corrected chi connectivity index (χ1v) is 7.72. The summed E-state index contributed by atoms with van der Waals surface area (Å²) in [4.78, 5) is 17.2. The molecule has 2 heterocycles. The van der Waals surface area contributed by atoms with E-state index in [2.05, 4.69) is 25.8 Å². The highest BCUT2D eigenvalue weighted by molar-refractivity contribution is 5.97. The molecule has 8 nitrogen and oxygen atoms in total. The van der Waals surface area contributed by atoms with Crippen LogP contribution in [0.2, 0.25) is 0 Å². The van der Waals surface area contributed by atoms with E-state index in [0.29, 0.717) is 5.69 Å². The van der Waals surface area contributed by atoms with Crippen molar-refractivity contribution in [2.45, 2.75) is 6.04 Å². The van der Waals surface area contributed by atoms with E-state index < -0.39 is 6.04 Å². The summed E-state index contributed by atoms with van der Waals surface area (Å²) in [5.74, 6) is -0.228. The summed E-state index contributed by atoms with van der Waals surface area (Å²) < 4.78 is 3.36. The monoisotopic (exact) mass is 333 g/mol. The minimum absolute atomic E-state index is 0.228. The van der Waals surface area contributed by atoms with Gasteiger partial charge in [0, 0.05) is 12.7 Å². The van der Waals surface area contributed by atoms with Gasteiger partial charge in [-0.3, -0.25) is 4.79 Å². The van der Waals surface area contributed by atoms with E-state index in [1.54, 1.807) is 6.33 Å². The third-order valence-electron chi connectivity index (χ3n) is 3.99. The highest BCUT2D eigenvalue weighted by Crippen LogP contribution is 2.21. The number of nitrogens with zero attached hydrogens (tertiary/aromatic N) is 6. The number of benzene rings is 2. The van der Waals surface area contributed by atoms with Crippen LogP contribution in [0.3, 0.4) is 0 Å². The molecular formula is C17H15N7O. The van der Waals surface area contributed by atoms with Gasteiger partial charge in [-0.25, -0.2) is 9.67 Å². The van der Waals surface area contributed by atoms with Gasteiger partial charge >= 0.3 is 0 Å². The Bertz CT molecular complexity index is 1010. The van der Waals surface area contributed by atoms with Crippen molar-refractivity contribution < 1.29 is 4.79 Å². The lowest BCUT2D eigenvalue weighted by Crippen LogP contribution is -2.27. The second-order valence-corrected chi connectivity index (χ2v) is 5.65. The van der Waals surface area contributed by atoms with Crippen LogP contribution in [0.25, 0.3) is 11.0 Å². The first-order chi connectivity index (χ1) is 12.2. The van der Waals surface area contributed by atoms with Crippen LogP contribution in [-0.4, -0.2) is 35.7 Å². The van der Waals surface area contributed by atoms with Gasteiger partial charge in [-0.15, -0.1) is 5.10 Å². The maximum Gasteiger partial charge on any atom is 0.253 e. The maximum atomic E-state index is 12.9. The molecule has 0 unspecified atom stereocenters. The third-order valence-corrected chi connectivity index (χ3v) is 3.99. The Morgan fingerprint density at radius 3 is 2.72 bits per heavy atom. The van der Waals surface area contributed by atoms with Crippen LogP contribution in [0.5, 0.6) is 0 Å². The quantitative estimate of drug-likeness (QED) is 0.615. The van der Waals surface area contributed by atoms with Crippen LogP contribution in [0.4, 0.5) is 5.69 Å². The molecule has 0 radical (unpaired) electrons. The standard InChI is InChI=1S/C17H15N7O/c1-23-10-18-14-9-13(7-8-15(14)23)20-17(25)16(24-11-19-21-22-24)12-5-3-2-4-6-12/h2-11,16H,1H3,(H,20,25)/t16-/m0/s1. The molecule has 0 bridgehead atoms. The summed E-state index contributed by atoms with van der Waals surface area (Å²) in [7, 11) is 1.93. The van der Waals surface area contributed by atoms with Crippen LogP contribution in [-0.2, 0) is 11.8 Å². The number of imidazole rings is 1. The van der Waals surface area contributed by atoms with Crippen molar-refractivity contribution >= 4 is 22.6 Å². The number of anilines is 1. The SMILES string of the molecule is Cn1cnc2cc(NC(=O)[C@H](c3ccccc3)n3cnnn3)ccc21. The number of hydrogen-bond donors (Lipinski definition) is 1. The number of hydrogen-bond acceptors (Lipinski definition) is 5. The Balaban J connectivity index is 1.66. The summed E-state index contributed by atoms with van der Waals surface area (Å²) in [5, 5.41) is 14.1. The predicted octanol–water partition coefficient (Wildman–Crippen LogP) is 1.79. The summed E-state index contributed by atoms with van der Waals surface area (Å²) in [6, 6.07) is 14.3. The molecule has 124 valence electrons. The van der Waals surface area contributed by atoms with E-state index in [-0.39, 0.29) is 5.91 Å². The van der Waals surface area contributed by atoms with Gasteiger partial charge in [-0.2, -0.15) is 0 Å². The van der Waals surface area contributed by atoms with Gasteiger partial charge in [-0.05, 0) is 34.2 Å². The number of nitrogens with one attached hydrogen (secondary N) is 1. The lowest BCUT2D eigenvalue weighted by molar-refractivity contribution is -0.118. The number of rotatable bonds is 4. The summed E-state index contributed by atoms with van der Waals surface area (Å²) >= 11 is 0. The Morgan fingerprint density at radius 2 is 1.96 bits per heavy atom. The predicted molar refractivity (Wildman–Crippen MR) is 91.7 cm³/mol. The average Bonchev–Trinajstić information content (AvgIpc) is 3.27. The lowest BCUT2D eigenvalue weighted by atomic mass is 10.1. The van der Waals surface area contributed by atoms with E-state index >= 15 is 0 Å². The van der Waals surface area contributed by atoms with Crippen LogP contribution in [0.15, 0.2) is 61.2 Å². The van der Waals surface area contributed by atoms with Crippen molar-refractivity contribution in [3.8, 4) is 0 Å². The molecule has 25 heavy (non-hydrogen) atoms. The number of tetrazole rings is 1. The summed E-state index contributed by atoms with van der Waals surface area (Å²) in [5.41, 5.74) is 3.29. The molecule has 0 saturated heterocycles. The molecule has 2 aromatic carbocycles. The van der Waals surface area contributed by atoms with Crippen LogP contribution in [0.1, 0.15) is 11.6 Å². The molecule has 0 fully saturated rings. The second-order valence-electron chi connectivity index (χ2n) is 5.65. The van der Waals surface area contributed by atoms with E-state index in [1.807, 2.05) is 60.1 Å². The summed E-state index contributed by atoms with van der Waals surface area (Å²) in [6.45, 7) is 0. The molecule has 2 aromatic heterocycles. The number of amides is 1. The van der Waals surface area contributed by atoms with Crippen molar-refractivity contribution in [3.63, 3.8) is 0 Å². The smallest absolute Gasteiger partial charge is 0.253 e. The first-order valence-electron chi connectivity index (χ1n) is 7.72. The number of carbonyl (C=O) groups is 1. The topological polar surface area (TPSA) is 90.5 Å². The molecule has 0 aliphatic rings. The molecule has 0 aliphatic heterocycles. The number of aryl methyl sites for hydroxylation is 1. The largest absolute Gasteiger partial charge is 0.334 e. The average molecular weight is 333 g/mol. The van der Waals surface area contributed by atoms with Crippen molar-refractivity contribution in [1.82, 2.24) is 29.8 Å². The highest BCUT2D eigenvalue weighted by atomic mass is 16.2. The Morgan fingerprint density at radius 1 is 1.12 bits per heavy atom. The molecule has 8 heteroatoms. The third kappa shape index (κ3) is 2.85. The lowest BCUT2D eigenvalue weighted by Gasteiger charge is -2.16. The van der Waals surface area contributed by atoms with Crippen molar-refractivity contribution in [1.29, 1.82) is 0 Å². The van der Waals surface area contributed by atoms with Crippen LogP contribution < -0.4 is 5.32 Å². The van der Waals surface area contributed by atoms with Gasteiger partial charge in [0.1, 0.15) is 6.33 Å². The van der Waals surface area contributed by atoms with Gasteiger partial charge in [0.05, 0.1) is 17.4 Å². The van der Waals surface area contributed by atoms with Gasteiger partial charge in [0.2, 0.25) is 0 Å². The zero-order valence-corrected chi connectivity index (χ0v) is 13.4. The Hall–Kier alpha value is -3.55. The molecule has 4 rings (SSSR count). The zero-order valence-electron chi connectivity index (χ0n) is 13.4. The molecule has 1 amide bonds. The van der Waals surface area contributed by atoms with Crippen LogP contribution in [0, 0.1) is 0 Å². The normalized spacial score (nSPS) is 12.2. The minimum Gasteiger partial charge on any atom is -0.334 e. The maximum absolute atomic E-state index is 12.9. The second kappa shape index (κ2) is 6.16. The van der Waals surface area contributed by atoms with Gasteiger partial charge in [-0.1, -0.05) is 30.3 Å². The fourth-order valence-corrected chi connectivity index (χ4v) is 2.77. The molecule has 4 aromatic rings. The van der Waals surface area contributed by atoms with Crippen molar-refractivity contribution in [2.24, 2.45) is 7.05 Å². The Kier molecular flexibility index (Phi) is 3.70. The summed E-state index contributed by atoms with van der Waals surface area (Å²) in [6.07, 6.45) is 3.17.